The molecule has 0 unspecified atom stereocenters. The maximum absolute atomic E-state index is 14.5. The smallest absolute Gasteiger partial charge is 0.253 e. The Morgan fingerprint density at radius 2 is 1.88 bits per heavy atom. The first-order chi connectivity index (χ1) is 19.8. The molecule has 0 radical (unpaired) electrons. The molecule has 1 aromatic heterocycles. The molecule has 3 aliphatic rings. The zero-order valence-electron chi connectivity index (χ0n) is 23.1. The first-order valence-electron chi connectivity index (χ1n) is 14.4. The first-order valence-corrected chi connectivity index (χ1v) is 14.8. The van der Waals surface area contributed by atoms with Crippen molar-refractivity contribution in [1.82, 2.24) is 9.47 Å². The molecule has 6 rings (SSSR count). The van der Waals surface area contributed by atoms with Crippen molar-refractivity contribution in [1.29, 1.82) is 0 Å². The Labute approximate surface area is 243 Å². The van der Waals surface area contributed by atoms with Gasteiger partial charge in [0.1, 0.15) is 5.82 Å². The molecular formula is C32H34ClFN4O3. The Kier molecular flexibility index (Phi) is 7.60. The van der Waals surface area contributed by atoms with Crippen molar-refractivity contribution in [3.63, 3.8) is 0 Å². The van der Waals surface area contributed by atoms with E-state index in [0.29, 0.717) is 43.3 Å². The number of carbonyl (C=O) groups excluding carboxylic acids is 2. The number of nitrogens with zero attached hydrogens (tertiary/aromatic N) is 3. The summed E-state index contributed by atoms with van der Waals surface area (Å²) < 4.78 is 16.3. The molecule has 2 amide bonds. The molecule has 0 spiro atoms. The molecule has 3 atom stereocenters. The van der Waals surface area contributed by atoms with Crippen molar-refractivity contribution in [2.24, 2.45) is 11.8 Å². The Balaban J connectivity index is 1.31. The monoisotopic (exact) mass is 576 g/mol. The lowest BCUT2D eigenvalue weighted by Crippen LogP contribution is -2.47. The minimum absolute atomic E-state index is 0.0281. The van der Waals surface area contributed by atoms with Gasteiger partial charge in [-0.2, -0.15) is 0 Å². The first kappa shape index (κ1) is 27.5. The van der Waals surface area contributed by atoms with E-state index in [4.69, 9.17) is 11.6 Å². The van der Waals surface area contributed by atoms with Crippen molar-refractivity contribution < 1.29 is 14.0 Å². The van der Waals surface area contributed by atoms with Crippen LogP contribution in [0.5, 0.6) is 0 Å². The molecular weight excluding hydrogens is 543 g/mol. The minimum atomic E-state index is -0.534. The zero-order valence-corrected chi connectivity index (χ0v) is 23.9. The molecule has 9 heteroatoms. The number of hydrogen-bond acceptors (Lipinski definition) is 4. The highest BCUT2D eigenvalue weighted by Crippen LogP contribution is 2.39. The van der Waals surface area contributed by atoms with E-state index in [9.17, 15) is 18.8 Å². The predicted octanol–water partition coefficient (Wildman–Crippen LogP) is 5.32. The van der Waals surface area contributed by atoms with Gasteiger partial charge in [0, 0.05) is 66.6 Å². The number of hydrogen-bond donors (Lipinski definition) is 1. The van der Waals surface area contributed by atoms with Crippen molar-refractivity contribution in [2.75, 3.05) is 36.4 Å². The van der Waals surface area contributed by atoms with Crippen LogP contribution < -0.4 is 15.8 Å². The van der Waals surface area contributed by atoms with Gasteiger partial charge in [-0.05, 0) is 67.5 Å². The van der Waals surface area contributed by atoms with Gasteiger partial charge in [0.05, 0.1) is 17.8 Å². The Hall–Kier alpha value is -3.65. The summed E-state index contributed by atoms with van der Waals surface area (Å²) in [5.41, 5.74) is 3.03. The van der Waals surface area contributed by atoms with Gasteiger partial charge >= 0.3 is 0 Å². The SMILES string of the molecule is C[C@@H]1CCCN(C(=O)c2ccc(N3C[C@H]4C[C@@H](C3)c3cccc(=O)n3C4)c(NC(=O)Cc3c(F)cccc3Cl)c2)C1. The van der Waals surface area contributed by atoms with Gasteiger partial charge in [-0.25, -0.2) is 4.39 Å². The Morgan fingerprint density at radius 1 is 1.05 bits per heavy atom. The van der Waals surface area contributed by atoms with E-state index in [0.717, 1.165) is 37.2 Å². The highest BCUT2D eigenvalue weighted by atomic mass is 35.5. The number of aromatic nitrogens is 1. The average Bonchev–Trinajstić information content (AvgIpc) is 2.95. The number of likely N-dealkylation sites (tertiary alicyclic amines) is 1. The summed E-state index contributed by atoms with van der Waals surface area (Å²) in [7, 11) is 0. The number of piperidine rings is 2. The normalized spacial score (nSPS) is 21.8. The number of pyridine rings is 1. The molecule has 3 aliphatic heterocycles. The Morgan fingerprint density at radius 3 is 2.68 bits per heavy atom. The molecule has 2 fully saturated rings. The lowest BCUT2D eigenvalue weighted by atomic mass is 9.83. The van der Waals surface area contributed by atoms with Crippen molar-refractivity contribution >= 4 is 34.8 Å². The standard InChI is InChI=1S/C32H34ClFN4O3/c1-20-5-4-12-36(16-20)32(41)22-10-11-29(27(14-22)35-30(39)15-24-25(33)6-2-7-26(24)34)37-17-21-13-23(19-37)28-8-3-9-31(40)38(28)18-21/h2-3,6-11,14,20-21,23H,4-5,12-13,15-19H2,1H3,(H,35,39)/t20-,21-,23+/m1/s1. The summed E-state index contributed by atoms with van der Waals surface area (Å²) in [6, 6.07) is 15.3. The number of carbonyl (C=O) groups is 2. The molecule has 1 N–H and O–H groups in total. The summed E-state index contributed by atoms with van der Waals surface area (Å²) in [6.07, 6.45) is 2.85. The maximum atomic E-state index is 14.5. The summed E-state index contributed by atoms with van der Waals surface area (Å²) >= 11 is 6.20. The molecule has 0 aliphatic carbocycles. The number of nitrogens with one attached hydrogen (secondary N) is 1. The molecule has 0 saturated carbocycles. The third-order valence-corrected chi connectivity index (χ3v) is 9.04. The van der Waals surface area contributed by atoms with E-state index in [2.05, 4.69) is 17.1 Å². The van der Waals surface area contributed by atoms with E-state index in [1.54, 1.807) is 18.2 Å². The summed E-state index contributed by atoms with van der Waals surface area (Å²) in [5.74, 6) is -0.108. The van der Waals surface area contributed by atoms with Crippen molar-refractivity contribution in [3.8, 4) is 0 Å². The predicted molar refractivity (Wildman–Crippen MR) is 158 cm³/mol. The number of amides is 2. The van der Waals surface area contributed by atoms with E-state index >= 15 is 0 Å². The van der Waals surface area contributed by atoms with Gasteiger partial charge in [-0.3, -0.25) is 14.4 Å². The van der Waals surface area contributed by atoms with Crippen LogP contribution in [0.4, 0.5) is 15.8 Å². The molecule has 2 aromatic carbocycles. The number of halogens is 2. The van der Waals surface area contributed by atoms with Gasteiger partial charge in [-0.15, -0.1) is 0 Å². The van der Waals surface area contributed by atoms with E-state index < -0.39 is 11.7 Å². The third-order valence-electron chi connectivity index (χ3n) is 8.68. The van der Waals surface area contributed by atoms with Crippen molar-refractivity contribution in [3.05, 3.63) is 92.6 Å². The number of anilines is 2. The van der Waals surface area contributed by atoms with E-state index in [1.165, 1.54) is 12.1 Å². The number of rotatable bonds is 5. The molecule has 4 heterocycles. The molecule has 214 valence electrons. The summed E-state index contributed by atoms with van der Waals surface area (Å²) in [5, 5.41) is 3.18. The van der Waals surface area contributed by atoms with Crippen LogP contribution in [0.15, 0.2) is 59.4 Å². The van der Waals surface area contributed by atoms with Gasteiger partial charge in [0.2, 0.25) is 5.91 Å². The number of fused-ring (bicyclic) bond motifs is 4. The highest BCUT2D eigenvalue weighted by Gasteiger charge is 2.35. The number of benzene rings is 2. The second-order valence-electron chi connectivity index (χ2n) is 11.8. The van der Waals surface area contributed by atoms with Crippen LogP contribution >= 0.6 is 11.6 Å². The van der Waals surface area contributed by atoms with E-state index in [-0.39, 0.29) is 40.3 Å². The van der Waals surface area contributed by atoms with Gasteiger partial charge in [0.15, 0.2) is 0 Å². The van der Waals surface area contributed by atoms with Crippen molar-refractivity contribution in [2.45, 2.75) is 45.1 Å². The fourth-order valence-corrected chi connectivity index (χ4v) is 6.98. The molecule has 3 aromatic rings. The van der Waals surface area contributed by atoms with Crippen LogP contribution in [0.3, 0.4) is 0 Å². The molecule has 41 heavy (non-hydrogen) atoms. The highest BCUT2D eigenvalue weighted by molar-refractivity contribution is 6.31. The summed E-state index contributed by atoms with van der Waals surface area (Å²) in [6.45, 7) is 5.63. The second-order valence-corrected chi connectivity index (χ2v) is 12.2. The fraction of sp³-hybridized carbons (Fsp3) is 0.406. The maximum Gasteiger partial charge on any atom is 0.253 e. The zero-order chi connectivity index (χ0) is 28.7. The lowest BCUT2D eigenvalue weighted by Gasteiger charge is -2.44. The van der Waals surface area contributed by atoms with Crippen LogP contribution in [0.2, 0.25) is 5.02 Å². The van der Waals surface area contributed by atoms with Gasteiger partial charge < -0.3 is 19.7 Å². The largest absolute Gasteiger partial charge is 0.369 e. The molecule has 7 nitrogen and oxygen atoms in total. The lowest BCUT2D eigenvalue weighted by molar-refractivity contribution is -0.115. The molecule has 2 saturated heterocycles. The van der Waals surface area contributed by atoms with Crippen LogP contribution in [0.25, 0.3) is 0 Å². The van der Waals surface area contributed by atoms with Crippen LogP contribution in [-0.2, 0) is 17.8 Å². The third kappa shape index (κ3) is 5.62. The topological polar surface area (TPSA) is 74.7 Å². The average molecular weight is 577 g/mol. The van der Waals surface area contributed by atoms with Crippen LogP contribution in [0, 0.1) is 17.7 Å². The van der Waals surface area contributed by atoms with Gasteiger partial charge in [-0.1, -0.05) is 30.7 Å². The minimum Gasteiger partial charge on any atom is -0.369 e. The summed E-state index contributed by atoms with van der Waals surface area (Å²) in [4.78, 5) is 43.4. The molecule has 2 bridgehead atoms. The quantitative estimate of drug-likeness (QED) is 0.446. The van der Waals surface area contributed by atoms with E-state index in [1.807, 2.05) is 33.7 Å². The second kappa shape index (κ2) is 11.3. The Bertz CT molecular complexity index is 1540. The van der Waals surface area contributed by atoms with Crippen LogP contribution in [-0.4, -0.2) is 47.5 Å². The fourth-order valence-electron chi connectivity index (χ4n) is 6.75. The van der Waals surface area contributed by atoms with Gasteiger partial charge in [0.25, 0.3) is 11.5 Å². The van der Waals surface area contributed by atoms with Crippen LogP contribution in [0.1, 0.15) is 53.7 Å².